The lowest BCUT2D eigenvalue weighted by Gasteiger charge is -2.15. The fraction of sp³-hybridized carbons (Fsp3) is 0.700. The van der Waals surface area contributed by atoms with Gasteiger partial charge in [0, 0.05) is 13.1 Å². The van der Waals surface area contributed by atoms with Crippen molar-refractivity contribution in [3.05, 3.63) is 11.6 Å². The number of nitrogens with zero attached hydrogens (tertiary/aromatic N) is 2. The summed E-state index contributed by atoms with van der Waals surface area (Å²) in [5.41, 5.74) is 7.10. The van der Waals surface area contributed by atoms with Gasteiger partial charge in [0.1, 0.15) is 0 Å². The molecule has 3 heteroatoms. The quantitative estimate of drug-likeness (QED) is 0.397. The van der Waals surface area contributed by atoms with Gasteiger partial charge >= 0.3 is 0 Å². The van der Waals surface area contributed by atoms with Gasteiger partial charge in [0.15, 0.2) is 5.96 Å². The molecule has 0 radical (unpaired) electrons. The third-order valence-electron chi connectivity index (χ3n) is 2.18. The van der Waals surface area contributed by atoms with Gasteiger partial charge in [-0.15, -0.1) is 0 Å². The molecule has 0 aromatic rings. The molecule has 0 aromatic heterocycles. The van der Waals surface area contributed by atoms with E-state index < -0.39 is 0 Å². The van der Waals surface area contributed by atoms with Crippen LogP contribution in [0, 0.1) is 0 Å². The third kappa shape index (κ3) is 3.49. The van der Waals surface area contributed by atoms with Crippen LogP contribution in [-0.4, -0.2) is 30.5 Å². The van der Waals surface area contributed by atoms with E-state index in [-0.39, 0.29) is 0 Å². The van der Waals surface area contributed by atoms with Crippen molar-refractivity contribution in [2.24, 2.45) is 10.7 Å². The van der Waals surface area contributed by atoms with Gasteiger partial charge in [-0.05, 0) is 26.7 Å². The fourth-order valence-electron chi connectivity index (χ4n) is 1.37. The molecule has 3 nitrogen and oxygen atoms in total. The molecule has 0 aromatic carbocycles. The Balaban J connectivity index is 2.36. The van der Waals surface area contributed by atoms with Crippen molar-refractivity contribution in [2.75, 3.05) is 19.6 Å². The van der Waals surface area contributed by atoms with Crippen LogP contribution < -0.4 is 5.73 Å². The molecule has 0 atom stereocenters. The number of nitrogens with two attached hydrogens (primary N) is 1. The maximum Gasteiger partial charge on any atom is 0.191 e. The second-order valence-corrected chi connectivity index (χ2v) is 3.67. The first-order valence-corrected chi connectivity index (χ1v) is 4.88. The van der Waals surface area contributed by atoms with Crippen molar-refractivity contribution in [1.82, 2.24) is 4.90 Å². The smallest absolute Gasteiger partial charge is 0.191 e. The van der Waals surface area contributed by atoms with Crippen LogP contribution in [0.3, 0.4) is 0 Å². The number of rotatable bonds is 2. The predicted octanol–water partition coefficient (Wildman–Crippen LogP) is 1.36. The molecule has 1 aliphatic rings. The molecule has 2 N–H and O–H groups in total. The number of guanidine groups is 1. The van der Waals surface area contributed by atoms with Gasteiger partial charge in [-0.25, -0.2) is 4.99 Å². The maximum absolute atomic E-state index is 5.81. The molecule has 1 heterocycles. The van der Waals surface area contributed by atoms with Crippen LogP contribution in [-0.2, 0) is 0 Å². The molecular weight excluding hydrogens is 162 g/mol. The lowest BCUT2D eigenvalue weighted by Crippen LogP contribution is -2.34. The number of aliphatic imine (C=N–C) groups is 1. The first kappa shape index (κ1) is 10.1. The Kier molecular flexibility index (Phi) is 3.80. The molecule has 1 fully saturated rings. The second-order valence-electron chi connectivity index (χ2n) is 3.67. The Hall–Kier alpha value is -0.990. The highest BCUT2D eigenvalue weighted by Gasteiger charge is 2.12. The first-order chi connectivity index (χ1) is 6.20. The van der Waals surface area contributed by atoms with Crippen LogP contribution >= 0.6 is 0 Å². The van der Waals surface area contributed by atoms with Crippen LogP contribution in [0.1, 0.15) is 26.7 Å². The van der Waals surface area contributed by atoms with Gasteiger partial charge in [-0.1, -0.05) is 11.6 Å². The van der Waals surface area contributed by atoms with E-state index in [2.05, 4.69) is 29.8 Å². The summed E-state index contributed by atoms with van der Waals surface area (Å²) in [5, 5.41) is 0. The van der Waals surface area contributed by atoms with E-state index in [1.54, 1.807) is 0 Å². The Morgan fingerprint density at radius 2 is 2.00 bits per heavy atom. The van der Waals surface area contributed by atoms with Crippen molar-refractivity contribution in [2.45, 2.75) is 26.7 Å². The van der Waals surface area contributed by atoms with Crippen molar-refractivity contribution < 1.29 is 0 Å². The molecule has 1 rings (SSSR count). The largest absolute Gasteiger partial charge is 0.370 e. The monoisotopic (exact) mass is 181 g/mol. The fourth-order valence-corrected chi connectivity index (χ4v) is 1.37. The zero-order valence-electron chi connectivity index (χ0n) is 8.58. The van der Waals surface area contributed by atoms with Gasteiger partial charge in [0.2, 0.25) is 0 Å². The van der Waals surface area contributed by atoms with Gasteiger partial charge in [-0.3, -0.25) is 0 Å². The van der Waals surface area contributed by atoms with Crippen molar-refractivity contribution >= 4 is 5.96 Å². The summed E-state index contributed by atoms with van der Waals surface area (Å²) in [6.45, 7) is 7.00. The van der Waals surface area contributed by atoms with Crippen molar-refractivity contribution in [3.63, 3.8) is 0 Å². The zero-order chi connectivity index (χ0) is 9.68. The summed E-state index contributed by atoms with van der Waals surface area (Å²) in [6.07, 6.45) is 4.58. The summed E-state index contributed by atoms with van der Waals surface area (Å²) < 4.78 is 0. The maximum atomic E-state index is 5.81. The Bertz CT molecular complexity index is 208. The summed E-state index contributed by atoms with van der Waals surface area (Å²) in [4.78, 5) is 6.44. The lowest BCUT2D eigenvalue weighted by molar-refractivity contribution is 0.511. The van der Waals surface area contributed by atoms with Gasteiger partial charge < -0.3 is 10.6 Å². The number of hydrogen-bond donors (Lipinski definition) is 1. The van der Waals surface area contributed by atoms with E-state index in [9.17, 15) is 0 Å². The molecular formula is C10H19N3. The van der Waals surface area contributed by atoms with E-state index in [1.165, 1.54) is 18.4 Å². The molecule has 0 amide bonds. The minimum Gasteiger partial charge on any atom is -0.370 e. The van der Waals surface area contributed by atoms with Gasteiger partial charge in [0.25, 0.3) is 0 Å². The zero-order valence-corrected chi connectivity index (χ0v) is 8.58. The predicted molar refractivity (Wildman–Crippen MR) is 56.7 cm³/mol. The standard InChI is InChI=1S/C10H19N3/c1-9(2)5-6-12-10(11)13-7-3-4-8-13/h5H,3-4,6-8H2,1-2H3,(H2,11,12). The summed E-state index contributed by atoms with van der Waals surface area (Å²) in [6, 6.07) is 0. The Morgan fingerprint density at radius 3 is 2.54 bits per heavy atom. The van der Waals surface area contributed by atoms with E-state index in [0.717, 1.165) is 13.1 Å². The molecule has 13 heavy (non-hydrogen) atoms. The summed E-state index contributed by atoms with van der Waals surface area (Å²) in [7, 11) is 0. The molecule has 0 saturated carbocycles. The minimum atomic E-state index is 0.704. The normalized spacial score (nSPS) is 17.7. The summed E-state index contributed by atoms with van der Waals surface area (Å²) >= 11 is 0. The van der Waals surface area contributed by atoms with Crippen LogP contribution in [0.5, 0.6) is 0 Å². The van der Waals surface area contributed by atoms with Crippen LogP contribution in [0.4, 0.5) is 0 Å². The van der Waals surface area contributed by atoms with Crippen molar-refractivity contribution in [3.8, 4) is 0 Å². The topological polar surface area (TPSA) is 41.6 Å². The molecule has 0 bridgehead atoms. The molecule has 0 spiro atoms. The first-order valence-electron chi connectivity index (χ1n) is 4.88. The minimum absolute atomic E-state index is 0.704. The Labute approximate surface area is 80.3 Å². The van der Waals surface area contributed by atoms with E-state index in [1.807, 2.05) is 0 Å². The highest BCUT2D eigenvalue weighted by atomic mass is 15.3. The average Bonchev–Trinajstić information content (AvgIpc) is 2.55. The molecule has 0 aliphatic carbocycles. The number of allylic oxidation sites excluding steroid dienone is 1. The van der Waals surface area contributed by atoms with E-state index in [0.29, 0.717) is 12.5 Å². The molecule has 1 saturated heterocycles. The van der Waals surface area contributed by atoms with Gasteiger partial charge in [0.05, 0.1) is 6.54 Å². The highest BCUT2D eigenvalue weighted by Crippen LogP contribution is 2.06. The van der Waals surface area contributed by atoms with Crippen LogP contribution in [0.2, 0.25) is 0 Å². The Morgan fingerprint density at radius 1 is 1.38 bits per heavy atom. The SMILES string of the molecule is CC(C)=CCN=C(N)N1CCCC1. The second kappa shape index (κ2) is 4.90. The van der Waals surface area contributed by atoms with Gasteiger partial charge in [-0.2, -0.15) is 0 Å². The van der Waals surface area contributed by atoms with Crippen molar-refractivity contribution in [1.29, 1.82) is 0 Å². The summed E-state index contributed by atoms with van der Waals surface area (Å²) in [5.74, 6) is 0.704. The molecule has 0 unspecified atom stereocenters. The molecule has 1 aliphatic heterocycles. The average molecular weight is 181 g/mol. The van der Waals surface area contributed by atoms with Crippen LogP contribution in [0.25, 0.3) is 0 Å². The van der Waals surface area contributed by atoms with E-state index >= 15 is 0 Å². The number of likely N-dealkylation sites (tertiary alicyclic amines) is 1. The van der Waals surface area contributed by atoms with Crippen LogP contribution in [0.15, 0.2) is 16.6 Å². The lowest BCUT2D eigenvalue weighted by atomic mass is 10.3. The highest BCUT2D eigenvalue weighted by molar-refractivity contribution is 5.78. The van der Waals surface area contributed by atoms with E-state index in [4.69, 9.17) is 5.73 Å². The number of hydrogen-bond acceptors (Lipinski definition) is 1. The third-order valence-corrected chi connectivity index (χ3v) is 2.18. The molecule has 74 valence electrons.